The van der Waals surface area contributed by atoms with Crippen molar-refractivity contribution < 1.29 is 0 Å². The second-order valence-corrected chi connectivity index (χ2v) is 5.51. The maximum Gasteiger partial charge on any atom is 0.204 e. The molecule has 2 atom stereocenters. The smallest absolute Gasteiger partial charge is 0.204 e. The number of rotatable bonds is 3. The maximum absolute atomic E-state index is 4.01. The first-order chi connectivity index (χ1) is 9.72. The molecule has 6 nitrogen and oxygen atoms in total. The number of tetrazole rings is 1. The molecule has 106 valence electrons. The van der Waals surface area contributed by atoms with E-state index in [2.05, 4.69) is 56.9 Å². The number of benzene rings is 1. The first-order valence-electron chi connectivity index (χ1n) is 7.03. The molecule has 1 aromatic heterocycles. The molecule has 6 heteroatoms. The van der Waals surface area contributed by atoms with E-state index >= 15 is 0 Å². The number of aromatic nitrogens is 4. The van der Waals surface area contributed by atoms with Gasteiger partial charge < -0.3 is 10.2 Å². The normalized spacial score (nSPS) is 23.7. The van der Waals surface area contributed by atoms with E-state index in [1.807, 2.05) is 12.1 Å². The number of nitrogens with zero attached hydrogens (tertiary/aromatic N) is 4. The Morgan fingerprint density at radius 3 is 3.05 bits per heavy atom. The van der Waals surface area contributed by atoms with Gasteiger partial charge in [-0.2, -0.15) is 5.21 Å². The first kappa shape index (κ1) is 13.1. The third-order valence-corrected chi connectivity index (χ3v) is 4.05. The van der Waals surface area contributed by atoms with Gasteiger partial charge in [-0.1, -0.05) is 12.1 Å². The van der Waals surface area contributed by atoms with Crippen molar-refractivity contribution in [2.24, 2.45) is 0 Å². The second-order valence-electron chi connectivity index (χ2n) is 5.51. The fraction of sp³-hybridized carbons (Fsp3) is 0.500. The summed E-state index contributed by atoms with van der Waals surface area (Å²) in [6, 6.07) is 9.34. The van der Waals surface area contributed by atoms with Gasteiger partial charge >= 0.3 is 0 Å². The Labute approximate surface area is 118 Å². The molecule has 3 rings (SSSR count). The molecular weight excluding hydrogens is 252 g/mol. The molecule has 1 fully saturated rings. The van der Waals surface area contributed by atoms with Gasteiger partial charge in [-0.3, -0.25) is 0 Å². The lowest BCUT2D eigenvalue weighted by Crippen LogP contribution is -2.42. The van der Waals surface area contributed by atoms with Crippen molar-refractivity contribution in [1.82, 2.24) is 25.5 Å². The van der Waals surface area contributed by atoms with Crippen molar-refractivity contribution in [3.05, 3.63) is 24.3 Å². The molecule has 0 amide bonds. The molecule has 1 saturated heterocycles. The average Bonchev–Trinajstić information content (AvgIpc) is 2.97. The van der Waals surface area contributed by atoms with Crippen molar-refractivity contribution in [3.8, 4) is 11.4 Å². The number of likely N-dealkylation sites (tertiary alicyclic amines) is 1. The zero-order chi connectivity index (χ0) is 13.9. The molecule has 2 unspecified atom stereocenters. The van der Waals surface area contributed by atoms with Crippen molar-refractivity contribution in [1.29, 1.82) is 0 Å². The van der Waals surface area contributed by atoms with Crippen LogP contribution in [0.3, 0.4) is 0 Å². The van der Waals surface area contributed by atoms with Crippen molar-refractivity contribution >= 4 is 5.69 Å². The average molecular weight is 272 g/mol. The fourth-order valence-electron chi connectivity index (χ4n) is 2.69. The molecule has 1 aromatic carbocycles. The van der Waals surface area contributed by atoms with Gasteiger partial charge in [0.2, 0.25) is 5.82 Å². The third kappa shape index (κ3) is 2.80. The topological polar surface area (TPSA) is 69.7 Å². The summed E-state index contributed by atoms with van der Waals surface area (Å²) in [4.78, 5) is 2.41. The summed E-state index contributed by atoms with van der Waals surface area (Å²) in [5.74, 6) is 0.630. The monoisotopic (exact) mass is 272 g/mol. The molecular formula is C14H20N6. The third-order valence-electron chi connectivity index (χ3n) is 4.05. The van der Waals surface area contributed by atoms with Gasteiger partial charge in [0.05, 0.1) is 0 Å². The number of hydrogen-bond acceptors (Lipinski definition) is 5. The molecule has 20 heavy (non-hydrogen) atoms. The van der Waals surface area contributed by atoms with E-state index in [0.29, 0.717) is 17.9 Å². The SMILES string of the molecule is CC1CC(Nc2cccc(-c3nn[nH]n3)c2)CCN1C. The highest BCUT2D eigenvalue weighted by atomic mass is 15.5. The van der Waals surface area contributed by atoms with Gasteiger partial charge in [-0.05, 0) is 44.2 Å². The number of hydrogen-bond donors (Lipinski definition) is 2. The van der Waals surface area contributed by atoms with Crippen LogP contribution < -0.4 is 5.32 Å². The summed E-state index contributed by atoms with van der Waals surface area (Å²) >= 11 is 0. The Balaban J connectivity index is 1.70. The minimum atomic E-state index is 0.529. The van der Waals surface area contributed by atoms with Crippen LogP contribution in [0.1, 0.15) is 19.8 Å². The molecule has 0 aliphatic carbocycles. The van der Waals surface area contributed by atoms with Crippen LogP contribution in [-0.2, 0) is 0 Å². The number of aromatic amines is 1. The zero-order valence-electron chi connectivity index (χ0n) is 11.9. The summed E-state index contributed by atoms with van der Waals surface area (Å²) < 4.78 is 0. The van der Waals surface area contributed by atoms with Crippen molar-refractivity contribution in [2.75, 3.05) is 18.9 Å². The fourth-order valence-corrected chi connectivity index (χ4v) is 2.69. The highest BCUT2D eigenvalue weighted by Crippen LogP contribution is 2.23. The summed E-state index contributed by atoms with van der Waals surface area (Å²) in [6.07, 6.45) is 2.34. The van der Waals surface area contributed by atoms with E-state index in [0.717, 1.165) is 17.8 Å². The molecule has 0 spiro atoms. The predicted molar refractivity (Wildman–Crippen MR) is 78.4 cm³/mol. The van der Waals surface area contributed by atoms with E-state index in [-0.39, 0.29) is 0 Å². The van der Waals surface area contributed by atoms with E-state index in [1.54, 1.807) is 0 Å². The van der Waals surface area contributed by atoms with Gasteiger partial charge in [0.25, 0.3) is 0 Å². The summed E-state index contributed by atoms with van der Waals surface area (Å²) in [5.41, 5.74) is 2.10. The molecule has 1 aliphatic heterocycles. The molecule has 2 heterocycles. The predicted octanol–water partition coefficient (Wildman–Crippen LogP) is 1.76. The lowest BCUT2D eigenvalue weighted by atomic mass is 9.98. The summed E-state index contributed by atoms with van der Waals surface area (Å²) in [7, 11) is 2.19. The zero-order valence-corrected chi connectivity index (χ0v) is 11.9. The van der Waals surface area contributed by atoms with Gasteiger partial charge in [0.15, 0.2) is 0 Å². The number of H-pyrrole nitrogens is 1. The van der Waals surface area contributed by atoms with Crippen LogP contribution in [-0.4, -0.2) is 51.2 Å². The first-order valence-corrected chi connectivity index (χ1v) is 7.03. The maximum atomic E-state index is 4.01. The van der Waals surface area contributed by atoms with Crippen LogP contribution in [0, 0.1) is 0 Å². The van der Waals surface area contributed by atoms with E-state index < -0.39 is 0 Å². The molecule has 1 aliphatic rings. The standard InChI is InChI=1S/C14H20N6/c1-10-8-13(6-7-20(10)2)15-12-5-3-4-11(9-12)14-16-18-19-17-14/h3-5,9-10,13,15H,6-8H2,1-2H3,(H,16,17,18,19). The largest absolute Gasteiger partial charge is 0.382 e. The number of anilines is 1. The Hall–Kier alpha value is -1.95. The highest BCUT2D eigenvalue weighted by Gasteiger charge is 2.22. The molecule has 2 aromatic rings. The minimum absolute atomic E-state index is 0.529. The molecule has 0 radical (unpaired) electrons. The Morgan fingerprint density at radius 2 is 2.30 bits per heavy atom. The van der Waals surface area contributed by atoms with Crippen LogP contribution in [0.15, 0.2) is 24.3 Å². The lowest BCUT2D eigenvalue weighted by molar-refractivity contribution is 0.190. The molecule has 2 N–H and O–H groups in total. The van der Waals surface area contributed by atoms with E-state index in [9.17, 15) is 0 Å². The van der Waals surface area contributed by atoms with E-state index in [4.69, 9.17) is 0 Å². The van der Waals surface area contributed by atoms with Crippen LogP contribution in [0.25, 0.3) is 11.4 Å². The minimum Gasteiger partial charge on any atom is -0.382 e. The molecule has 0 saturated carbocycles. The van der Waals surface area contributed by atoms with Crippen LogP contribution in [0.2, 0.25) is 0 Å². The van der Waals surface area contributed by atoms with E-state index in [1.165, 1.54) is 12.8 Å². The number of nitrogens with one attached hydrogen (secondary N) is 2. The van der Waals surface area contributed by atoms with Gasteiger partial charge in [0, 0.05) is 29.9 Å². The lowest BCUT2D eigenvalue weighted by Gasteiger charge is -2.35. The van der Waals surface area contributed by atoms with Crippen molar-refractivity contribution in [2.45, 2.75) is 31.8 Å². The van der Waals surface area contributed by atoms with Crippen molar-refractivity contribution in [3.63, 3.8) is 0 Å². The molecule has 0 bridgehead atoms. The second kappa shape index (κ2) is 5.58. The Morgan fingerprint density at radius 1 is 1.40 bits per heavy atom. The quantitative estimate of drug-likeness (QED) is 0.891. The number of piperidine rings is 1. The summed E-state index contributed by atoms with van der Waals surface area (Å²) in [6.45, 7) is 3.42. The van der Waals surface area contributed by atoms with Crippen LogP contribution >= 0.6 is 0 Å². The van der Waals surface area contributed by atoms with Crippen LogP contribution in [0.5, 0.6) is 0 Å². The van der Waals surface area contributed by atoms with Gasteiger partial charge in [-0.15, -0.1) is 10.2 Å². The van der Waals surface area contributed by atoms with Gasteiger partial charge in [-0.25, -0.2) is 0 Å². The summed E-state index contributed by atoms with van der Waals surface area (Å²) in [5, 5.41) is 17.7. The Bertz CT molecular complexity index is 553. The highest BCUT2D eigenvalue weighted by molar-refractivity contribution is 5.61. The van der Waals surface area contributed by atoms with Gasteiger partial charge in [0.1, 0.15) is 0 Å². The Kier molecular flexibility index (Phi) is 3.64. The van der Waals surface area contributed by atoms with Crippen LogP contribution in [0.4, 0.5) is 5.69 Å².